The van der Waals surface area contributed by atoms with E-state index in [4.69, 9.17) is 9.47 Å². The molecule has 9 nitrogen and oxygen atoms in total. The Balaban J connectivity index is 1.40. The van der Waals surface area contributed by atoms with Gasteiger partial charge in [0.1, 0.15) is 24.2 Å². The quantitative estimate of drug-likeness (QED) is 0.204. The van der Waals surface area contributed by atoms with Crippen molar-refractivity contribution in [2.75, 3.05) is 30.2 Å². The maximum atomic E-state index is 12.2. The molecular formula is C28H40N2O7S. The summed E-state index contributed by atoms with van der Waals surface area (Å²) < 4.78 is 37.4. The SMILES string of the molecule is CCCCS(=O)(=O)Nc1cc(OC[C@@H](O)CNC2CCC(c3ccc(C(=O)OCC)cc3)CC2)ccc1O. The van der Waals surface area contributed by atoms with Crippen LogP contribution in [0.4, 0.5) is 5.69 Å². The number of rotatable bonds is 14. The number of carbonyl (C=O) groups excluding carboxylic acids is 1. The summed E-state index contributed by atoms with van der Waals surface area (Å²) in [6.07, 6.45) is 4.53. The minimum absolute atomic E-state index is 0.0257. The number of anilines is 1. The normalized spacial score (nSPS) is 18.5. The standard InChI is InChI=1S/C28H40N2O7S/c1-3-5-16-38(34,35)30-26-17-25(14-15-27(26)32)37-19-24(31)18-29-23-12-10-21(11-13-23)20-6-8-22(9-7-20)28(33)36-4-2/h6-9,14-15,17,21,23-24,29-32H,3-5,10-13,16,18-19H2,1-2H3/t21?,23?,24-/m0/s1. The number of aliphatic hydroxyl groups is 1. The van der Waals surface area contributed by atoms with Crippen LogP contribution in [-0.2, 0) is 14.8 Å². The Morgan fingerprint density at radius 1 is 1.08 bits per heavy atom. The van der Waals surface area contributed by atoms with E-state index < -0.39 is 16.1 Å². The average molecular weight is 549 g/mol. The lowest BCUT2D eigenvalue weighted by Crippen LogP contribution is -2.39. The number of hydrogen-bond acceptors (Lipinski definition) is 8. The fourth-order valence-corrected chi connectivity index (χ4v) is 5.80. The second kappa shape index (κ2) is 14.4. The Morgan fingerprint density at radius 3 is 2.45 bits per heavy atom. The molecule has 1 atom stereocenters. The van der Waals surface area contributed by atoms with Gasteiger partial charge in [-0.25, -0.2) is 13.2 Å². The third-order valence-corrected chi connectivity index (χ3v) is 8.06. The Bertz CT molecular complexity index is 1130. The number of carbonyl (C=O) groups is 1. The van der Waals surface area contributed by atoms with E-state index >= 15 is 0 Å². The second-order valence-corrected chi connectivity index (χ2v) is 11.6. The summed E-state index contributed by atoms with van der Waals surface area (Å²) in [5, 5.41) is 23.8. The van der Waals surface area contributed by atoms with Crippen molar-refractivity contribution in [3.8, 4) is 11.5 Å². The van der Waals surface area contributed by atoms with Crippen molar-refractivity contribution in [3.05, 3.63) is 53.6 Å². The van der Waals surface area contributed by atoms with Gasteiger partial charge in [0.2, 0.25) is 10.0 Å². The summed E-state index contributed by atoms with van der Waals surface area (Å²) in [7, 11) is -3.56. The highest BCUT2D eigenvalue weighted by Crippen LogP contribution is 2.33. The van der Waals surface area contributed by atoms with E-state index in [0.717, 1.165) is 32.1 Å². The van der Waals surface area contributed by atoms with E-state index in [9.17, 15) is 23.4 Å². The number of nitrogens with one attached hydrogen (secondary N) is 2. The highest BCUT2D eigenvalue weighted by Gasteiger charge is 2.23. The number of sulfonamides is 1. The molecule has 10 heteroatoms. The molecule has 1 fully saturated rings. The molecule has 2 aromatic rings. The van der Waals surface area contributed by atoms with E-state index in [1.54, 1.807) is 6.92 Å². The predicted octanol–water partition coefficient (Wildman–Crippen LogP) is 4.17. The van der Waals surface area contributed by atoms with Crippen LogP contribution < -0.4 is 14.8 Å². The number of hydrogen-bond donors (Lipinski definition) is 4. The molecule has 1 aliphatic rings. The van der Waals surface area contributed by atoms with Gasteiger partial charge < -0.3 is 25.0 Å². The maximum Gasteiger partial charge on any atom is 0.338 e. The van der Waals surface area contributed by atoms with Crippen molar-refractivity contribution < 1.29 is 32.9 Å². The van der Waals surface area contributed by atoms with Crippen LogP contribution in [0.3, 0.4) is 0 Å². The van der Waals surface area contributed by atoms with Gasteiger partial charge >= 0.3 is 5.97 Å². The van der Waals surface area contributed by atoms with Crippen LogP contribution in [0, 0.1) is 0 Å². The van der Waals surface area contributed by atoms with Gasteiger partial charge in [-0.15, -0.1) is 0 Å². The van der Waals surface area contributed by atoms with Crippen molar-refractivity contribution in [2.45, 2.75) is 70.4 Å². The Labute approximate surface area is 225 Å². The third kappa shape index (κ3) is 9.18. The largest absolute Gasteiger partial charge is 0.506 e. The van der Waals surface area contributed by atoms with Crippen LogP contribution >= 0.6 is 0 Å². The van der Waals surface area contributed by atoms with E-state index in [1.807, 2.05) is 31.2 Å². The highest BCUT2D eigenvalue weighted by atomic mass is 32.2. The molecule has 0 saturated heterocycles. The summed E-state index contributed by atoms with van der Waals surface area (Å²) in [5.74, 6) is 0.282. The molecule has 0 aliphatic heterocycles. The molecule has 1 saturated carbocycles. The fraction of sp³-hybridized carbons (Fsp3) is 0.536. The molecule has 0 aromatic heterocycles. The number of phenolic OH excluding ortho intramolecular Hbond substituents is 1. The number of unbranched alkanes of at least 4 members (excludes halogenated alkanes) is 1. The number of esters is 1. The summed E-state index contributed by atoms with van der Waals surface area (Å²) in [6.45, 7) is 4.46. The van der Waals surface area contributed by atoms with Crippen LogP contribution in [-0.4, -0.2) is 62.3 Å². The van der Waals surface area contributed by atoms with Gasteiger partial charge in [0.15, 0.2) is 0 Å². The Kier molecular flexibility index (Phi) is 11.2. The monoisotopic (exact) mass is 548 g/mol. The van der Waals surface area contributed by atoms with E-state index in [1.165, 1.54) is 23.8 Å². The van der Waals surface area contributed by atoms with Gasteiger partial charge in [0, 0.05) is 18.7 Å². The number of aromatic hydroxyl groups is 1. The molecule has 0 spiro atoms. The summed E-state index contributed by atoms with van der Waals surface area (Å²) in [4.78, 5) is 11.8. The molecule has 38 heavy (non-hydrogen) atoms. The minimum Gasteiger partial charge on any atom is -0.506 e. The molecule has 1 aliphatic carbocycles. The zero-order valence-corrected chi connectivity index (χ0v) is 23.0. The number of ether oxygens (including phenoxy) is 2. The maximum absolute atomic E-state index is 12.2. The number of phenols is 1. The third-order valence-electron chi connectivity index (χ3n) is 6.71. The van der Waals surface area contributed by atoms with Gasteiger partial charge in [0.25, 0.3) is 0 Å². The zero-order valence-electron chi connectivity index (χ0n) is 22.2. The van der Waals surface area contributed by atoms with Gasteiger partial charge in [-0.2, -0.15) is 0 Å². The first-order valence-corrected chi connectivity index (χ1v) is 15.0. The molecule has 0 amide bonds. The minimum atomic E-state index is -3.56. The summed E-state index contributed by atoms with van der Waals surface area (Å²) in [5.41, 5.74) is 1.85. The van der Waals surface area contributed by atoms with Crippen LogP contribution in [0.15, 0.2) is 42.5 Å². The first-order chi connectivity index (χ1) is 18.2. The predicted molar refractivity (Wildman–Crippen MR) is 147 cm³/mol. The van der Waals surface area contributed by atoms with Crippen LogP contribution in [0.2, 0.25) is 0 Å². The molecule has 0 radical (unpaired) electrons. The molecule has 2 aromatic carbocycles. The van der Waals surface area contributed by atoms with Crippen molar-refractivity contribution in [3.63, 3.8) is 0 Å². The average Bonchev–Trinajstić information content (AvgIpc) is 2.91. The highest BCUT2D eigenvalue weighted by molar-refractivity contribution is 7.92. The van der Waals surface area contributed by atoms with Crippen molar-refractivity contribution in [1.82, 2.24) is 5.32 Å². The zero-order chi connectivity index (χ0) is 27.5. The van der Waals surface area contributed by atoms with Crippen LogP contribution in [0.25, 0.3) is 0 Å². The Hall–Kier alpha value is -2.82. The molecule has 0 heterocycles. The second-order valence-electron chi connectivity index (χ2n) is 9.72. The first-order valence-electron chi connectivity index (χ1n) is 13.4. The van der Waals surface area contributed by atoms with Gasteiger partial charge in [-0.1, -0.05) is 25.5 Å². The van der Waals surface area contributed by atoms with E-state index in [2.05, 4.69) is 10.0 Å². The van der Waals surface area contributed by atoms with Gasteiger partial charge in [-0.05, 0) is 74.8 Å². The van der Waals surface area contributed by atoms with Crippen molar-refractivity contribution >= 4 is 21.7 Å². The smallest absolute Gasteiger partial charge is 0.338 e. The molecular weight excluding hydrogens is 508 g/mol. The van der Waals surface area contributed by atoms with Crippen molar-refractivity contribution in [2.24, 2.45) is 0 Å². The van der Waals surface area contributed by atoms with Crippen LogP contribution in [0.5, 0.6) is 11.5 Å². The van der Waals surface area contributed by atoms with Gasteiger partial charge in [0.05, 0.1) is 23.6 Å². The van der Waals surface area contributed by atoms with Crippen molar-refractivity contribution in [1.29, 1.82) is 0 Å². The fourth-order valence-electron chi connectivity index (χ4n) is 4.53. The molecule has 0 unspecified atom stereocenters. The molecule has 4 N–H and O–H groups in total. The van der Waals surface area contributed by atoms with Gasteiger partial charge in [-0.3, -0.25) is 4.72 Å². The Morgan fingerprint density at radius 2 is 1.79 bits per heavy atom. The molecule has 3 rings (SSSR count). The van der Waals surface area contributed by atoms with E-state index in [-0.39, 0.29) is 29.8 Å². The van der Waals surface area contributed by atoms with E-state index in [0.29, 0.717) is 42.8 Å². The molecule has 210 valence electrons. The lowest BCUT2D eigenvalue weighted by atomic mass is 9.81. The lowest BCUT2D eigenvalue weighted by Gasteiger charge is -2.30. The lowest BCUT2D eigenvalue weighted by molar-refractivity contribution is 0.0526. The number of benzene rings is 2. The first kappa shape index (κ1) is 29.7. The topological polar surface area (TPSA) is 134 Å². The summed E-state index contributed by atoms with van der Waals surface area (Å²) in [6, 6.07) is 12.3. The number of aliphatic hydroxyl groups excluding tert-OH is 1. The summed E-state index contributed by atoms with van der Waals surface area (Å²) >= 11 is 0. The van der Waals surface area contributed by atoms with Crippen LogP contribution in [0.1, 0.15) is 74.2 Å². The molecule has 0 bridgehead atoms.